The lowest BCUT2D eigenvalue weighted by molar-refractivity contribution is 0.0879. The zero-order valence-electron chi connectivity index (χ0n) is 13.1. The Morgan fingerprint density at radius 3 is 2.68 bits per heavy atom. The van der Waals surface area contributed by atoms with E-state index in [1.807, 2.05) is 24.3 Å². The van der Waals surface area contributed by atoms with Crippen molar-refractivity contribution in [1.29, 1.82) is 0 Å². The molecular formula is C21H22O. The number of aryl methyl sites for hydroxylation is 2. The van der Waals surface area contributed by atoms with Crippen LogP contribution >= 0.6 is 0 Å². The quantitative estimate of drug-likeness (QED) is 0.716. The van der Waals surface area contributed by atoms with Gasteiger partial charge in [-0.3, -0.25) is 4.79 Å². The van der Waals surface area contributed by atoms with E-state index in [1.165, 1.54) is 16.7 Å². The van der Waals surface area contributed by atoms with Crippen molar-refractivity contribution in [3.63, 3.8) is 0 Å². The SMILES string of the molecule is C=CC[C@@H](c1ccccc1C)[C@@H]1CCc2ccccc2C1=O. The minimum Gasteiger partial charge on any atom is -0.294 e. The number of Topliss-reactive ketones (excluding diaryl/α,β-unsaturated/α-hetero) is 1. The number of allylic oxidation sites excluding steroid dienone is 1. The lowest BCUT2D eigenvalue weighted by atomic mass is 9.72. The molecule has 0 bridgehead atoms. The molecule has 2 atom stereocenters. The molecule has 0 radical (unpaired) electrons. The van der Waals surface area contributed by atoms with E-state index in [2.05, 4.69) is 43.8 Å². The Kier molecular flexibility index (Phi) is 4.24. The minimum absolute atomic E-state index is 0.0639. The van der Waals surface area contributed by atoms with Gasteiger partial charge < -0.3 is 0 Å². The molecule has 2 aromatic carbocycles. The molecule has 0 saturated heterocycles. The number of benzene rings is 2. The molecule has 0 aromatic heterocycles. The zero-order valence-corrected chi connectivity index (χ0v) is 13.1. The van der Waals surface area contributed by atoms with Gasteiger partial charge in [0.05, 0.1) is 0 Å². The third kappa shape index (κ3) is 2.64. The highest BCUT2D eigenvalue weighted by Gasteiger charge is 2.33. The molecule has 0 fully saturated rings. The lowest BCUT2D eigenvalue weighted by Gasteiger charge is -2.31. The van der Waals surface area contributed by atoms with Crippen molar-refractivity contribution in [2.75, 3.05) is 0 Å². The zero-order chi connectivity index (χ0) is 15.5. The molecule has 112 valence electrons. The largest absolute Gasteiger partial charge is 0.294 e. The monoisotopic (exact) mass is 290 g/mol. The lowest BCUT2D eigenvalue weighted by Crippen LogP contribution is -2.28. The van der Waals surface area contributed by atoms with Crippen molar-refractivity contribution in [3.8, 4) is 0 Å². The van der Waals surface area contributed by atoms with Gasteiger partial charge in [-0.15, -0.1) is 6.58 Å². The van der Waals surface area contributed by atoms with Crippen molar-refractivity contribution in [2.24, 2.45) is 5.92 Å². The second kappa shape index (κ2) is 6.31. The summed E-state index contributed by atoms with van der Waals surface area (Å²) in [5.74, 6) is 0.602. The molecule has 0 spiro atoms. The summed E-state index contributed by atoms with van der Waals surface area (Å²) in [4.78, 5) is 13.0. The maximum Gasteiger partial charge on any atom is 0.166 e. The van der Waals surface area contributed by atoms with Crippen LogP contribution in [0.3, 0.4) is 0 Å². The third-order valence-electron chi connectivity index (χ3n) is 4.84. The summed E-state index contributed by atoms with van der Waals surface area (Å²) in [6.45, 7) is 6.04. The van der Waals surface area contributed by atoms with Gasteiger partial charge in [-0.25, -0.2) is 0 Å². The van der Waals surface area contributed by atoms with Crippen LogP contribution in [0.5, 0.6) is 0 Å². The number of hydrogen-bond acceptors (Lipinski definition) is 1. The molecule has 1 nitrogen and oxygen atoms in total. The van der Waals surface area contributed by atoms with Crippen LogP contribution in [0.25, 0.3) is 0 Å². The molecule has 3 rings (SSSR count). The number of rotatable bonds is 4. The van der Waals surface area contributed by atoms with Crippen molar-refractivity contribution in [2.45, 2.75) is 32.1 Å². The van der Waals surface area contributed by atoms with Crippen LogP contribution in [0.2, 0.25) is 0 Å². The second-order valence-electron chi connectivity index (χ2n) is 6.15. The molecule has 22 heavy (non-hydrogen) atoms. The number of hydrogen-bond donors (Lipinski definition) is 0. The van der Waals surface area contributed by atoms with Crippen LogP contribution in [0, 0.1) is 12.8 Å². The molecule has 0 aliphatic heterocycles. The minimum atomic E-state index is 0.0639. The maximum absolute atomic E-state index is 13.0. The predicted molar refractivity (Wildman–Crippen MR) is 91.3 cm³/mol. The first-order valence-corrected chi connectivity index (χ1v) is 8.01. The van der Waals surface area contributed by atoms with E-state index in [0.717, 1.165) is 24.8 Å². The van der Waals surface area contributed by atoms with Gasteiger partial charge in [0, 0.05) is 11.5 Å². The molecule has 1 aliphatic rings. The molecule has 1 heteroatoms. The summed E-state index contributed by atoms with van der Waals surface area (Å²) >= 11 is 0. The molecule has 0 unspecified atom stereocenters. The van der Waals surface area contributed by atoms with Gasteiger partial charge in [0.2, 0.25) is 0 Å². The topological polar surface area (TPSA) is 17.1 Å². The fourth-order valence-corrected chi connectivity index (χ4v) is 3.69. The summed E-state index contributed by atoms with van der Waals surface area (Å²) in [5, 5.41) is 0. The van der Waals surface area contributed by atoms with E-state index in [9.17, 15) is 4.79 Å². The van der Waals surface area contributed by atoms with Crippen molar-refractivity contribution in [1.82, 2.24) is 0 Å². The number of carbonyl (C=O) groups is 1. The Hall–Kier alpha value is -2.15. The number of fused-ring (bicyclic) bond motifs is 1. The Balaban J connectivity index is 1.99. The third-order valence-corrected chi connectivity index (χ3v) is 4.84. The van der Waals surface area contributed by atoms with Crippen LogP contribution in [0.4, 0.5) is 0 Å². The molecular weight excluding hydrogens is 268 g/mol. The highest BCUT2D eigenvalue weighted by molar-refractivity contribution is 6.00. The van der Waals surface area contributed by atoms with Gasteiger partial charge in [0.25, 0.3) is 0 Å². The first kappa shape index (κ1) is 14.8. The summed E-state index contributed by atoms with van der Waals surface area (Å²) in [7, 11) is 0. The van der Waals surface area contributed by atoms with Gasteiger partial charge in [-0.2, -0.15) is 0 Å². The second-order valence-corrected chi connectivity index (χ2v) is 6.15. The van der Waals surface area contributed by atoms with Crippen LogP contribution in [-0.2, 0) is 6.42 Å². The van der Waals surface area contributed by atoms with Crippen LogP contribution in [-0.4, -0.2) is 5.78 Å². The maximum atomic E-state index is 13.0. The molecule has 0 heterocycles. The van der Waals surface area contributed by atoms with Gasteiger partial charge in [0.15, 0.2) is 5.78 Å². The van der Waals surface area contributed by atoms with E-state index in [0.29, 0.717) is 5.78 Å². The van der Waals surface area contributed by atoms with Crippen molar-refractivity contribution >= 4 is 5.78 Å². The van der Waals surface area contributed by atoms with E-state index < -0.39 is 0 Å². The van der Waals surface area contributed by atoms with E-state index >= 15 is 0 Å². The first-order chi connectivity index (χ1) is 10.7. The smallest absolute Gasteiger partial charge is 0.166 e. The van der Waals surface area contributed by atoms with Crippen LogP contribution < -0.4 is 0 Å². The van der Waals surface area contributed by atoms with Gasteiger partial charge in [-0.05, 0) is 48.8 Å². The van der Waals surface area contributed by atoms with Gasteiger partial charge >= 0.3 is 0 Å². The number of carbonyl (C=O) groups excluding carboxylic acids is 1. The molecule has 0 saturated carbocycles. The fraction of sp³-hybridized carbons (Fsp3) is 0.286. The molecule has 2 aromatic rings. The predicted octanol–water partition coefficient (Wildman–Crippen LogP) is 5.10. The normalized spacial score (nSPS) is 18.6. The summed E-state index contributed by atoms with van der Waals surface area (Å²) in [5.41, 5.74) is 4.67. The van der Waals surface area contributed by atoms with E-state index in [-0.39, 0.29) is 11.8 Å². The fourth-order valence-electron chi connectivity index (χ4n) is 3.69. The average molecular weight is 290 g/mol. The van der Waals surface area contributed by atoms with E-state index in [4.69, 9.17) is 0 Å². The van der Waals surface area contributed by atoms with Gasteiger partial charge in [0.1, 0.15) is 0 Å². The van der Waals surface area contributed by atoms with Crippen LogP contribution in [0.15, 0.2) is 61.2 Å². The Labute approximate surface area is 132 Å². The highest BCUT2D eigenvalue weighted by Crippen LogP contribution is 2.38. The van der Waals surface area contributed by atoms with E-state index in [1.54, 1.807) is 0 Å². The van der Waals surface area contributed by atoms with Crippen molar-refractivity contribution < 1.29 is 4.79 Å². The molecule has 0 N–H and O–H groups in total. The number of ketones is 1. The van der Waals surface area contributed by atoms with Crippen LogP contribution in [0.1, 0.15) is 45.8 Å². The standard InChI is InChI=1S/C21H22O/c1-3-8-19(17-11-6-4-9-15(17)2)20-14-13-16-10-5-7-12-18(16)21(20)22/h3-7,9-12,19-20H,1,8,13-14H2,2H3/t19-,20-/m0/s1. The van der Waals surface area contributed by atoms with Crippen molar-refractivity contribution in [3.05, 3.63) is 83.4 Å². The molecule has 1 aliphatic carbocycles. The molecule has 0 amide bonds. The Morgan fingerprint density at radius 1 is 1.18 bits per heavy atom. The van der Waals surface area contributed by atoms with Gasteiger partial charge in [-0.1, -0.05) is 54.6 Å². The summed E-state index contributed by atoms with van der Waals surface area (Å²) in [6.07, 6.45) is 4.73. The Morgan fingerprint density at radius 2 is 1.91 bits per heavy atom. The summed E-state index contributed by atoms with van der Waals surface area (Å²) < 4.78 is 0. The summed E-state index contributed by atoms with van der Waals surface area (Å²) in [6, 6.07) is 16.5. The Bertz CT molecular complexity index is 699. The highest BCUT2D eigenvalue weighted by atomic mass is 16.1. The average Bonchev–Trinajstić information content (AvgIpc) is 2.55. The first-order valence-electron chi connectivity index (χ1n) is 8.01.